The van der Waals surface area contributed by atoms with Gasteiger partial charge in [-0.2, -0.15) is 0 Å². The number of anilines is 1. The molecular weight excluding hydrogens is 449 g/mol. The molecule has 3 aromatic rings. The highest BCUT2D eigenvalue weighted by Crippen LogP contribution is 2.26. The first-order chi connectivity index (χ1) is 15.5. The van der Waals surface area contributed by atoms with Gasteiger partial charge in [-0.15, -0.1) is 0 Å². The zero-order valence-corrected chi connectivity index (χ0v) is 18.8. The summed E-state index contributed by atoms with van der Waals surface area (Å²) in [6, 6.07) is 16.0. The molecule has 1 aromatic heterocycles. The summed E-state index contributed by atoms with van der Waals surface area (Å²) in [6.45, 7) is -0.0547. The number of hydrogen-bond donors (Lipinski definition) is 2. The molecule has 0 unspecified atom stereocenters. The van der Waals surface area contributed by atoms with E-state index in [1.807, 2.05) is 18.2 Å². The van der Waals surface area contributed by atoms with Gasteiger partial charge in [0.05, 0.1) is 5.52 Å². The van der Waals surface area contributed by atoms with E-state index in [9.17, 15) is 9.59 Å². The van der Waals surface area contributed by atoms with Crippen LogP contribution in [-0.2, 0) is 9.59 Å². The lowest BCUT2D eigenvalue weighted by Gasteiger charge is -2.28. The summed E-state index contributed by atoms with van der Waals surface area (Å²) in [7, 11) is 0. The van der Waals surface area contributed by atoms with Crippen molar-refractivity contribution in [3.05, 3.63) is 64.6 Å². The molecule has 4 rings (SSSR count). The molecule has 1 heterocycles. The Morgan fingerprint density at radius 3 is 2.41 bits per heavy atom. The van der Waals surface area contributed by atoms with Gasteiger partial charge in [-0.05, 0) is 80.3 Å². The van der Waals surface area contributed by atoms with Crippen LogP contribution in [0.1, 0.15) is 25.7 Å². The summed E-state index contributed by atoms with van der Waals surface area (Å²) >= 11 is 11.8. The van der Waals surface area contributed by atoms with Crippen molar-refractivity contribution in [2.45, 2.75) is 31.7 Å². The summed E-state index contributed by atoms with van der Waals surface area (Å²) < 4.78 is 5.48. The number of carbonyl (C=O) groups is 2. The molecule has 2 amide bonds. The number of amides is 2. The number of rotatable bonds is 6. The molecule has 2 N–H and O–H groups in total. The number of nitrogens with zero attached hydrogens (tertiary/aromatic N) is 1. The highest BCUT2D eigenvalue weighted by Gasteiger charge is 2.27. The van der Waals surface area contributed by atoms with Crippen LogP contribution in [0.3, 0.4) is 0 Å². The maximum atomic E-state index is 12.7. The standard InChI is InChI=1S/C24H23Cl2N3O3/c25-17-4-9-20(10-5-17)32-14-23(30)27-19-7-1-15(2-8-19)24(31)29-22-12-3-16-13-18(26)6-11-21(16)28-22/h3-6,9-13,15,19H,1-2,7-8,14H2,(H,27,30)(H,28,29,31)/t15-,19-. The minimum Gasteiger partial charge on any atom is -0.484 e. The zero-order chi connectivity index (χ0) is 22.5. The van der Waals surface area contributed by atoms with E-state index < -0.39 is 0 Å². The lowest BCUT2D eigenvalue weighted by atomic mass is 9.85. The molecule has 1 aliphatic carbocycles. The molecule has 2 aromatic carbocycles. The lowest BCUT2D eigenvalue weighted by molar-refractivity contribution is -0.124. The third-order valence-electron chi connectivity index (χ3n) is 5.55. The van der Waals surface area contributed by atoms with Gasteiger partial charge in [0.25, 0.3) is 5.91 Å². The van der Waals surface area contributed by atoms with E-state index in [1.54, 1.807) is 36.4 Å². The fraction of sp³-hybridized carbons (Fsp3) is 0.292. The molecule has 1 saturated carbocycles. The third-order valence-corrected chi connectivity index (χ3v) is 6.04. The molecule has 0 spiro atoms. The van der Waals surface area contributed by atoms with Crippen LogP contribution in [-0.4, -0.2) is 29.4 Å². The van der Waals surface area contributed by atoms with Crippen molar-refractivity contribution in [1.82, 2.24) is 10.3 Å². The number of hydrogen-bond acceptors (Lipinski definition) is 4. The second kappa shape index (κ2) is 10.2. The van der Waals surface area contributed by atoms with E-state index in [-0.39, 0.29) is 30.4 Å². The molecule has 166 valence electrons. The Labute approximate surface area is 196 Å². The van der Waals surface area contributed by atoms with Crippen molar-refractivity contribution >= 4 is 51.7 Å². The Morgan fingerprint density at radius 2 is 1.66 bits per heavy atom. The van der Waals surface area contributed by atoms with E-state index in [0.717, 1.165) is 23.7 Å². The first-order valence-electron chi connectivity index (χ1n) is 10.5. The first kappa shape index (κ1) is 22.4. The van der Waals surface area contributed by atoms with E-state index in [1.165, 1.54) is 0 Å². The number of pyridine rings is 1. The van der Waals surface area contributed by atoms with Crippen LogP contribution in [0.15, 0.2) is 54.6 Å². The Balaban J connectivity index is 1.22. The van der Waals surface area contributed by atoms with Crippen LogP contribution < -0.4 is 15.4 Å². The summed E-state index contributed by atoms with van der Waals surface area (Å²) in [4.78, 5) is 29.3. The first-order valence-corrected chi connectivity index (χ1v) is 11.3. The van der Waals surface area contributed by atoms with Crippen molar-refractivity contribution in [3.8, 4) is 5.75 Å². The van der Waals surface area contributed by atoms with E-state index >= 15 is 0 Å². The number of fused-ring (bicyclic) bond motifs is 1. The van der Waals surface area contributed by atoms with Crippen LogP contribution in [0.25, 0.3) is 10.9 Å². The van der Waals surface area contributed by atoms with Crippen LogP contribution in [0.4, 0.5) is 5.82 Å². The molecule has 0 radical (unpaired) electrons. The Morgan fingerprint density at radius 1 is 0.938 bits per heavy atom. The minimum absolute atomic E-state index is 0.0401. The molecule has 0 aliphatic heterocycles. The SMILES string of the molecule is O=C(COc1ccc(Cl)cc1)N[C@H]1CC[C@H](C(=O)Nc2ccc3cc(Cl)ccc3n2)CC1. The Kier molecular flexibility index (Phi) is 7.12. The van der Waals surface area contributed by atoms with Crippen molar-refractivity contribution < 1.29 is 14.3 Å². The summed E-state index contributed by atoms with van der Waals surface area (Å²) in [5, 5.41) is 8.09. The summed E-state index contributed by atoms with van der Waals surface area (Å²) in [5.41, 5.74) is 0.777. The van der Waals surface area contributed by atoms with Crippen LogP contribution >= 0.6 is 23.2 Å². The Hall–Kier alpha value is -2.83. The van der Waals surface area contributed by atoms with Gasteiger partial charge in [0.2, 0.25) is 5.91 Å². The molecule has 1 fully saturated rings. The van der Waals surface area contributed by atoms with Gasteiger partial charge >= 0.3 is 0 Å². The summed E-state index contributed by atoms with van der Waals surface area (Å²) in [5.74, 6) is 0.807. The number of nitrogens with one attached hydrogen (secondary N) is 2. The van der Waals surface area contributed by atoms with Crippen molar-refractivity contribution in [3.63, 3.8) is 0 Å². The molecule has 8 heteroatoms. The predicted octanol–water partition coefficient (Wildman–Crippen LogP) is 5.23. The van der Waals surface area contributed by atoms with Gasteiger partial charge in [0, 0.05) is 27.4 Å². The summed E-state index contributed by atoms with van der Waals surface area (Å²) in [6.07, 6.45) is 2.90. The van der Waals surface area contributed by atoms with E-state index in [2.05, 4.69) is 15.6 Å². The molecule has 32 heavy (non-hydrogen) atoms. The van der Waals surface area contributed by atoms with Crippen molar-refractivity contribution in [1.29, 1.82) is 0 Å². The number of halogens is 2. The maximum absolute atomic E-state index is 12.7. The number of ether oxygens (including phenoxy) is 1. The van der Waals surface area contributed by atoms with Crippen LogP contribution in [0.2, 0.25) is 10.0 Å². The predicted molar refractivity (Wildman–Crippen MR) is 126 cm³/mol. The highest BCUT2D eigenvalue weighted by molar-refractivity contribution is 6.31. The number of benzene rings is 2. The second-order valence-corrected chi connectivity index (χ2v) is 8.75. The molecular formula is C24H23Cl2N3O3. The smallest absolute Gasteiger partial charge is 0.258 e. The second-order valence-electron chi connectivity index (χ2n) is 7.88. The normalized spacial score (nSPS) is 18.2. The van der Waals surface area contributed by atoms with Gasteiger partial charge in [0.15, 0.2) is 6.61 Å². The molecule has 6 nitrogen and oxygen atoms in total. The minimum atomic E-state index is -0.173. The van der Waals surface area contributed by atoms with Gasteiger partial charge in [-0.3, -0.25) is 9.59 Å². The zero-order valence-electron chi connectivity index (χ0n) is 17.3. The van der Waals surface area contributed by atoms with Gasteiger partial charge in [0.1, 0.15) is 11.6 Å². The van der Waals surface area contributed by atoms with Crippen LogP contribution in [0.5, 0.6) is 5.75 Å². The van der Waals surface area contributed by atoms with Crippen molar-refractivity contribution in [2.24, 2.45) is 5.92 Å². The largest absolute Gasteiger partial charge is 0.484 e. The van der Waals surface area contributed by atoms with Gasteiger partial charge in [-0.1, -0.05) is 23.2 Å². The monoisotopic (exact) mass is 471 g/mol. The number of aromatic nitrogens is 1. The third kappa shape index (κ3) is 5.90. The lowest BCUT2D eigenvalue weighted by Crippen LogP contribution is -2.41. The Bertz CT molecular complexity index is 1110. The number of carbonyl (C=O) groups excluding carboxylic acids is 2. The van der Waals surface area contributed by atoms with E-state index in [0.29, 0.717) is 34.5 Å². The average molecular weight is 472 g/mol. The fourth-order valence-corrected chi connectivity index (χ4v) is 4.15. The van der Waals surface area contributed by atoms with Crippen molar-refractivity contribution in [2.75, 3.05) is 11.9 Å². The maximum Gasteiger partial charge on any atom is 0.258 e. The molecule has 0 saturated heterocycles. The average Bonchev–Trinajstić information content (AvgIpc) is 2.79. The molecule has 0 atom stereocenters. The van der Waals surface area contributed by atoms with Gasteiger partial charge in [-0.25, -0.2) is 4.98 Å². The van der Waals surface area contributed by atoms with E-state index in [4.69, 9.17) is 27.9 Å². The highest BCUT2D eigenvalue weighted by atomic mass is 35.5. The quantitative estimate of drug-likeness (QED) is 0.515. The molecule has 1 aliphatic rings. The van der Waals surface area contributed by atoms with Crippen LogP contribution in [0, 0.1) is 5.92 Å². The topological polar surface area (TPSA) is 80.3 Å². The van der Waals surface area contributed by atoms with Gasteiger partial charge < -0.3 is 15.4 Å². The fourth-order valence-electron chi connectivity index (χ4n) is 3.84. The molecule has 0 bridgehead atoms.